The zero-order valence-electron chi connectivity index (χ0n) is 14.1. The summed E-state index contributed by atoms with van der Waals surface area (Å²) in [5.41, 5.74) is 0. The average Bonchev–Trinajstić information content (AvgIpc) is 2.35. The molecule has 0 rings (SSSR count). The summed E-state index contributed by atoms with van der Waals surface area (Å²) in [6.07, 6.45) is 2.86. The molecule has 0 aliphatic carbocycles. The molecule has 0 aliphatic rings. The summed E-state index contributed by atoms with van der Waals surface area (Å²) in [5, 5.41) is 2.81. The molecule has 0 radical (unpaired) electrons. The fraction of sp³-hybridized carbons (Fsp3) is 1.00. The van der Waals surface area contributed by atoms with E-state index in [2.05, 4.69) is 53.0 Å². The van der Waals surface area contributed by atoms with Crippen LogP contribution in [-0.2, 0) is 0 Å². The van der Waals surface area contributed by atoms with E-state index >= 15 is 0 Å². The maximum absolute atomic E-state index is 4.70. The zero-order valence-corrected chi connectivity index (χ0v) is 26.3. The van der Waals surface area contributed by atoms with E-state index in [1.165, 1.54) is 23.5 Å². The normalized spacial score (nSPS) is 19.8. The first kappa shape index (κ1) is 27.0. The number of thiol groups is 4. The third-order valence-electron chi connectivity index (χ3n) is 2.43. The van der Waals surface area contributed by atoms with E-state index in [9.17, 15) is 0 Å². The number of hydrogen-bond donors (Lipinski definition) is 4. The van der Waals surface area contributed by atoms with Crippen LogP contribution in [0.5, 0.6) is 0 Å². The molecule has 0 saturated carbocycles. The van der Waals surface area contributed by atoms with Crippen LogP contribution in [0, 0.1) is 0 Å². The molecule has 0 N–H and O–H groups in total. The summed E-state index contributed by atoms with van der Waals surface area (Å²) < 4.78 is 4.34. The van der Waals surface area contributed by atoms with Crippen molar-refractivity contribution in [2.75, 3.05) is 0 Å². The predicted octanol–water partition coefficient (Wildman–Crippen LogP) is 3.72. The van der Waals surface area contributed by atoms with Crippen molar-refractivity contribution in [1.29, 1.82) is 0 Å². The van der Waals surface area contributed by atoms with Gasteiger partial charge < -0.3 is 0 Å². The minimum absolute atomic E-state index is 0.596. The van der Waals surface area contributed by atoms with Crippen LogP contribution in [0.4, 0.5) is 0 Å². The van der Waals surface area contributed by atoms with Crippen LogP contribution >= 0.6 is 50.5 Å². The van der Waals surface area contributed by atoms with Crippen LogP contribution < -0.4 is 0 Å². The van der Waals surface area contributed by atoms with Crippen LogP contribution in [-0.4, -0.2) is 91.4 Å². The third kappa shape index (κ3) is 19.1. The first-order valence-corrected chi connectivity index (χ1v) is 20.0. The average molecular weight is 721 g/mol. The predicted molar refractivity (Wildman–Crippen MR) is 129 cm³/mol. The fourth-order valence-corrected chi connectivity index (χ4v) is 26.9. The van der Waals surface area contributed by atoms with E-state index in [0.717, 1.165) is 22.4 Å². The van der Waals surface area contributed by atoms with Gasteiger partial charge in [-0.2, -0.15) is 0 Å². The molecule has 0 aliphatic heterocycles. The molecule has 9 heteroatoms. The van der Waals surface area contributed by atoms with Crippen molar-refractivity contribution in [2.24, 2.45) is 0 Å². The Bertz CT molecular complexity index is 254. The molecule has 0 nitrogen and oxygen atoms in total. The fourth-order valence-electron chi connectivity index (χ4n) is 1.61. The van der Waals surface area contributed by atoms with Gasteiger partial charge in [0.05, 0.1) is 0 Å². The Hall–Kier alpha value is 4.00. The van der Waals surface area contributed by atoms with Crippen molar-refractivity contribution in [3.8, 4) is 0 Å². The molecule has 6 atom stereocenters. The van der Waals surface area contributed by atoms with Gasteiger partial charge in [0.2, 0.25) is 0 Å². The van der Waals surface area contributed by atoms with Gasteiger partial charge in [-0.05, 0) is 0 Å². The molecular weight excluding hydrogens is 691 g/mol. The van der Waals surface area contributed by atoms with E-state index in [4.69, 9.17) is 25.3 Å². The van der Waals surface area contributed by atoms with Crippen LogP contribution in [0.1, 0.15) is 40.5 Å². The molecule has 23 heavy (non-hydrogen) atoms. The van der Waals surface area contributed by atoms with E-state index in [1.807, 2.05) is 0 Å². The second-order valence-electron chi connectivity index (χ2n) is 4.98. The quantitative estimate of drug-likeness (QED) is 0.153. The van der Waals surface area contributed by atoms with Gasteiger partial charge in [-0.1, -0.05) is 0 Å². The standard InChI is InChI=1S/C14H30S4Se5/c1-9(15)19-7-5-13(21-11(3)17)23-14(22-12(4)18)6-8-20-10(2)16/h9-18H,5-8H2,1-4H3. The molecule has 0 amide bonds. The van der Waals surface area contributed by atoms with E-state index < -0.39 is 0 Å². The number of rotatable bonds is 14. The monoisotopic (exact) mass is 726 g/mol. The first-order valence-electron chi connectivity index (χ1n) is 7.62. The Kier molecular flexibility index (Phi) is 19.8. The van der Waals surface area contributed by atoms with Gasteiger partial charge in [-0.15, -0.1) is 0 Å². The summed E-state index contributed by atoms with van der Waals surface area (Å²) in [7, 11) is 0. The Labute approximate surface area is 198 Å². The molecule has 0 heterocycles. The van der Waals surface area contributed by atoms with Gasteiger partial charge in [0.25, 0.3) is 0 Å². The molecular formula is C14H30S4Se5. The van der Waals surface area contributed by atoms with Gasteiger partial charge >= 0.3 is 200 Å². The molecule has 6 unspecified atom stereocenters. The van der Waals surface area contributed by atoms with E-state index in [1.54, 1.807) is 0 Å². The Morgan fingerprint density at radius 2 is 0.913 bits per heavy atom. The molecule has 0 fully saturated rings. The molecule has 0 spiro atoms. The van der Waals surface area contributed by atoms with Crippen LogP contribution in [0.2, 0.25) is 18.1 Å². The SMILES string of the molecule is CC(S)[Se]CCC([Se]C(C)S)[Se]C(CC[Se]C(C)S)[Se]C(C)S. The molecule has 0 bridgehead atoms. The summed E-state index contributed by atoms with van der Waals surface area (Å²) in [6, 6.07) is 0. The van der Waals surface area contributed by atoms with Crippen molar-refractivity contribution in [3.63, 3.8) is 0 Å². The van der Waals surface area contributed by atoms with Gasteiger partial charge in [-0.3, -0.25) is 0 Å². The van der Waals surface area contributed by atoms with E-state index in [-0.39, 0.29) is 0 Å². The van der Waals surface area contributed by atoms with Gasteiger partial charge in [0.1, 0.15) is 0 Å². The van der Waals surface area contributed by atoms with Crippen LogP contribution in [0.15, 0.2) is 0 Å². The van der Waals surface area contributed by atoms with Gasteiger partial charge in [0.15, 0.2) is 0 Å². The topological polar surface area (TPSA) is 0 Å². The van der Waals surface area contributed by atoms with Gasteiger partial charge in [-0.25, -0.2) is 0 Å². The summed E-state index contributed by atoms with van der Waals surface area (Å²) in [4.78, 5) is 0. The summed E-state index contributed by atoms with van der Waals surface area (Å²) >= 11 is 22.1. The minimum atomic E-state index is 0.596. The molecule has 0 aromatic rings. The Morgan fingerprint density at radius 1 is 0.565 bits per heavy atom. The van der Waals surface area contributed by atoms with E-state index in [0.29, 0.717) is 76.4 Å². The maximum atomic E-state index is 4.70. The second-order valence-corrected chi connectivity index (χ2v) is 29.8. The van der Waals surface area contributed by atoms with Crippen molar-refractivity contribution >= 4 is 125 Å². The summed E-state index contributed by atoms with van der Waals surface area (Å²) in [5.74, 6) is 0. The van der Waals surface area contributed by atoms with Crippen LogP contribution in [0.25, 0.3) is 0 Å². The van der Waals surface area contributed by atoms with Crippen molar-refractivity contribution < 1.29 is 0 Å². The third-order valence-corrected chi connectivity index (χ3v) is 20.3. The van der Waals surface area contributed by atoms with Crippen molar-refractivity contribution in [3.05, 3.63) is 0 Å². The van der Waals surface area contributed by atoms with Gasteiger partial charge in [0, 0.05) is 0 Å². The van der Waals surface area contributed by atoms with Crippen LogP contribution in [0.3, 0.4) is 0 Å². The molecule has 0 aromatic heterocycles. The summed E-state index contributed by atoms with van der Waals surface area (Å²) in [6.45, 7) is 9.05. The van der Waals surface area contributed by atoms with Crippen molar-refractivity contribution in [1.82, 2.24) is 0 Å². The zero-order chi connectivity index (χ0) is 17.8. The Morgan fingerprint density at radius 3 is 1.17 bits per heavy atom. The Balaban J connectivity index is 4.47. The second kappa shape index (κ2) is 16.9. The van der Waals surface area contributed by atoms with Crippen molar-refractivity contribution in [2.45, 2.75) is 75.2 Å². The molecule has 0 saturated heterocycles. The number of hydrogen-bond acceptors (Lipinski definition) is 4. The molecule has 0 aromatic carbocycles. The first-order chi connectivity index (χ1) is 10.7. The molecule has 140 valence electrons.